The molecule has 0 aliphatic rings. The van der Waals surface area contributed by atoms with E-state index < -0.39 is 5.66 Å². The van der Waals surface area contributed by atoms with Gasteiger partial charge in [0.1, 0.15) is 0 Å². The van der Waals surface area contributed by atoms with E-state index in [4.69, 9.17) is 11.5 Å². The topological polar surface area (TPSA) is 52.0 Å². The van der Waals surface area contributed by atoms with Crippen LogP contribution in [0.2, 0.25) is 0 Å². The third kappa shape index (κ3) is 2.29. The first-order valence-electron chi connectivity index (χ1n) is 4.77. The molecule has 1 aromatic rings. The Morgan fingerprint density at radius 3 is 2.00 bits per heavy atom. The summed E-state index contributed by atoms with van der Waals surface area (Å²) in [7, 11) is 0. The van der Waals surface area contributed by atoms with E-state index >= 15 is 0 Å². The summed E-state index contributed by atoms with van der Waals surface area (Å²) in [5.74, 6) is 0. The summed E-state index contributed by atoms with van der Waals surface area (Å²) in [6, 6.07) is 8.20. The zero-order valence-corrected chi connectivity index (χ0v) is 8.38. The first kappa shape index (κ1) is 10.2. The summed E-state index contributed by atoms with van der Waals surface area (Å²) < 4.78 is 0. The third-order valence-corrected chi connectivity index (χ3v) is 2.48. The lowest BCUT2D eigenvalue weighted by atomic mass is 9.97. The standard InChI is InChI=1S/C11H18N2/c1-3-9-5-7-10(8-6-9)11(12,13)4-2/h5-8H,3-4,12-13H2,1-2H3. The molecule has 72 valence electrons. The lowest BCUT2D eigenvalue weighted by molar-refractivity contribution is 0.448. The van der Waals surface area contributed by atoms with Gasteiger partial charge in [0.2, 0.25) is 0 Å². The van der Waals surface area contributed by atoms with Crippen molar-refractivity contribution in [2.75, 3.05) is 0 Å². The maximum absolute atomic E-state index is 5.91. The van der Waals surface area contributed by atoms with Crippen LogP contribution in [-0.4, -0.2) is 0 Å². The Kier molecular flexibility index (Phi) is 3.07. The van der Waals surface area contributed by atoms with Crippen molar-refractivity contribution in [3.63, 3.8) is 0 Å². The second-order valence-corrected chi connectivity index (χ2v) is 3.44. The molecule has 0 spiro atoms. The van der Waals surface area contributed by atoms with Gasteiger partial charge in [-0.15, -0.1) is 0 Å². The fourth-order valence-electron chi connectivity index (χ4n) is 1.25. The average molecular weight is 178 g/mol. The van der Waals surface area contributed by atoms with Crippen molar-refractivity contribution in [3.05, 3.63) is 35.4 Å². The summed E-state index contributed by atoms with van der Waals surface area (Å²) in [5.41, 5.74) is 13.5. The Hall–Kier alpha value is -0.860. The Morgan fingerprint density at radius 1 is 1.08 bits per heavy atom. The van der Waals surface area contributed by atoms with Crippen LogP contribution in [0.15, 0.2) is 24.3 Å². The minimum Gasteiger partial charge on any atom is -0.310 e. The van der Waals surface area contributed by atoms with Gasteiger partial charge >= 0.3 is 0 Å². The van der Waals surface area contributed by atoms with Crippen molar-refractivity contribution in [1.29, 1.82) is 0 Å². The van der Waals surface area contributed by atoms with Crippen LogP contribution >= 0.6 is 0 Å². The van der Waals surface area contributed by atoms with E-state index in [-0.39, 0.29) is 0 Å². The van der Waals surface area contributed by atoms with Gasteiger partial charge in [-0.25, -0.2) is 0 Å². The van der Waals surface area contributed by atoms with Crippen molar-refractivity contribution in [3.8, 4) is 0 Å². The lowest BCUT2D eigenvalue weighted by Crippen LogP contribution is -2.45. The minimum atomic E-state index is -0.674. The molecule has 0 aliphatic carbocycles. The zero-order chi connectivity index (χ0) is 9.90. The van der Waals surface area contributed by atoms with Crippen LogP contribution in [0.25, 0.3) is 0 Å². The molecule has 0 aromatic heterocycles. The van der Waals surface area contributed by atoms with Gasteiger partial charge in [0.15, 0.2) is 0 Å². The summed E-state index contributed by atoms with van der Waals surface area (Å²) in [6.45, 7) is 4.13. The molecule has 0 saturated carbocycles. The smallest absolute Gasteiger partial charge is 0.0896 e. The van der Waals surface area contributed by atoms with Gasteiger partial charge in [0.05, 0.1) is 5.66 Å². The highest BCUT2D eigenvalue weighted by molar-refractivity contribution is 5.27. The molecule has 4 N–H and O–H groups in total. The number of benzene rings is 1. The van der Waals surface area contributed by atoms with Gasteiger partial charge in [-0.05, 0) is 24.0 Å². The number of nitrogens with two attached hydrogens (primary N) is 2. The maximum atomic E-state index is 5.91. The SMILES string of the molecule is CCc1ccc(C(N)(N)CC)cc1. The predicted molar refractivity (Wildman–Crippen MR) is 56.2 cm³/mol. The summed E-state index contributed by atoms with van der Waals surface area (Å²) in [6.07, 6.45) is 1.80. The Bertz CT molecular complexity index is 262. The molecule has 1 rings (SSSR count). The molecule has 0 heterocycles. The molecule has 0 fully saturated rings. The van der Waals surface area contributed by atoms with Crippen LogP contribution in [0, 0.1) is 0 Å². The highest BCUT2D eigenvalue weighted by Crippen LogP contribution is 2.16. The van der Waals surface area contributed by atoms with Gasteiger partial charge in [-0.2, -0.15) is 0 Å². The molecule has 0 radical (unpaired) electrons. The summed E-state index contributed by atoms with van der Waals surface area (Å²) in [5, 5.41) is 0. The van der Waals surface area contributed by atoms with Crippen LogP contribution in [0.3, 0.4) is 0 Å². The van der Waals surface area contributed by atoms with Gasteiger partial charge in [0.25, 0.3) is 0 Å². The molecule has 1 aromatic carbocycles. The first-order chi connectivity index (χ1) is 6.10. The van der Waals surface area contributed by atoms with Crippen molar-refractivity contribution < 1.29 is 0 Å². The monoisotopic (exact) mass is 178 g/mol. The number of hydrogen-bond donors (Lipinski definition) is 2. The van der Waals surface area contributed by atoms with Crippen molar-refractivity contribution >= 4 is 0 Å². The van der Waals surface area contributed by atoms with E-state index in [0.717, 1.165) is 18.4 Å². The van der Waals surface area contributed by atoms with Crippen LogP contribution in [0.4, 0.5) is 0 Å². The molecule has 2 nitrogen and oxygen atoms in total. The number of hydrogen-bond acceptors (Lipinski definition) is 2. The third-order valence-electron chi connectivity index (χ3n) is 2.48. The van der Waals surface area contributed by atoms with Gasteiger partial charge in [0, 0.05) is 0 Å². The van der Waals surface area contributed by atoms with Crippen LogP contribution in [0.5, 0.6) is 0 Å². The molecular weight excluding hydrogens is 160 g/mol. The highest BCUT2D eigenvalue weighted by Gasteiger charge is 2.18. The molecule has 0 aliphatic heterocycles. The molecule has 0 saturated heterocycles. The molecule has 2 heteroatoms. The normalized spacial score (nSPS) is 11.7. The van der Waals surface area contributed by atoms with E-state index in [1.807, 2.05) is 19.1 Å². The molecule has 13 heavy (non-hydrogen) atoms. The maximum Gasteiger partial charge on any atom is 0.0896 e. The van der Waals surface area contributed by atoms with Gasteiger partial charge in [-0.3, -0.25) is 0 Å². The second kappa shape index (κ2) is 3.90. The molecule has 0 bridgehead atoms. The highest BCUT2D eigenvalue weighted by atomic mass is 14.9. The van der Waals surface area contributed by atoms with Crippen LogP contribution in [0.1, 0.15) is 31.4 Å². The Labute approximate surface area is 79.9 Å². The second-order valence-electron chi connectivity index (χ2n) is 3.44. The van der Waals surface area contributed by atoms with Crippen LogP contribution < -0.4 is 11.5 Å². The molecule has 0 unspecified atom stereocenters. The minimum absolute atomic E-state index is 0.674. The fraction of sp³-hybridized carbons (Fsp3) is 0.455. The molecule has 0 atom stereocenters. The Balaban J connectivity index is 2.92. The van der Waals surface area contributed by atoms with Gasteiger partial charge in [-0.1, -0.05) is 38.1 Å². The predicted octanol–water partition coefficient (Wildman–Crippen LogP) is 1.73. The van der Waals surface area contributed by atoms with E-state index in [0.29, 0.717) is 0 Å². The van der Waals surface area contributed by atoms with Crippen molar-refractivity contribution in [1.82, 2.24) is 0 Å². The average Bonchev–Trinajstić information content (AvgIpc) is 2.18. The largest absolute Gasteiger partial charge is 0.310 e. The first-order valence-corrected chi connectivity index (χ1v) is 4.77. The van der Waals surface area contributed by atoms with E-state index in [2.05, 4.69) is 19.1 Å². The fourth-order valence-corrected chi connectivity index (χ4v) is 1.25. The van der Waals surface area contributed by atoms with E-state index in [1.54, 1.807) is 0 Å². The zero-order valence-electron chi connectivity index (χ0n) is 8.38. The van der Waals surface area contributed by atoms with Gasteiger partial charge < -0.3 is 11.5 Å². The molecular formula is C11H18N2. The quantitative estimate of drug-likeness (QED) is 0.692. The number of rotatable bonds is 3. The van der Waals surface area contributed by atoms with E-state index in [1.165, 1.54) is 5.56 Å². The number of aryl methyl sites for hydroxylation is 1. The summed E-state index contributed by atoms with van der Waals surface area (Å²) >= 11 is 0. The summed E-state index contributed by atoms with van der Waals surface area (Å²) in [4.78, 5) is 0. The lowest BCUT2D eigenvalue weighted by Gasteiger charge is -2.23. The van der Waals surface area contributed by atoms with E-state index in [9.17, 15) is 0 Å². The molecule has 0 amide bonds. The van der Waals surface area contributed by atoms with Crippen molar-refractivity contribution in [2.24, 2.45) is 11.5 Å². The van der Waals surface area contributed by atoms with Crippen LogP contribution in [-0.2, 0) is 12.1 Å². The van der Waals surface area contributed by atoms with Crippen molar-refractivity contribution in [2.45, 2.75) is 32.4 Å². The Morgan fingerprint density at radius 2 is 1.62 bits per heavy atom.